The molecule has 5 N–H and O–H groups in total. The van der Waals surface area contributed by atoms with E-state index in [2.05, 4.69) is 5.32 Å². The Balaban J connectivity index is 2.68. The van der Waals surface area contributed by atoms with Crippen LogP contribution in [-0.2, 0) is 9.53 Å². The van der Waals surface area contributed by atoms with Gasteiger partial charge in [-0.1, -0.05) is 0 Å². The Morgan fingerprint density at radius 2 is 1.93 bits per heavy atom. The van der Waals surface area contributed by atoms with E-state index in [1.807, 2.05) is 0 Å². The van der Waals surface area contributed by atoms with Gasteiger partial charge in [-0.15, -0.1) is 0 Å². The first-order chi connectivity index (χ1) is 6.61. The first-order valence-corrected chi connectivity index (χ1v) is 4.12. The number of aliphatic hydroxyl groups is 4. The molecule has 0 saturated carbocycles. The second kappa shape index (κ2) is 4.67. The topological polar surface area (TPSA) is 119 Å². The van der Waals surface area contributed by atoms with Crippen molar-refractivity contribution in [3.8, 4) is 0 Å². The minimum absolute atomic E-state index is 0.284. The molecule has 0 aliphatic carbocycles. The summed E-state index contributed by atoms with van der Waals surface area (Å²) < 4.78 is 4.76. The van der Waals surface area contributed by atoms with Gasteiger partial charge in [0.2, 0.25) is 6.41 Å². The summed E-state index contributed by atoms with van der Waals surface area (Å²) in [7, 11) is 0. The van der Waals surface area contributed by atoms with Crippen LogP contribution in [0, 0.1) is 0 Å². The minimum atomic E-state index is -1.45. The van der Waals surface area contributed by atoms with E-state index in [1.165, 1.54) is 0 Å². The summed E-state index contributed by atoms with van der Waals surface area (Å²) in [6.45, 7) is -0.525. The van der Waals surface area contributed by atoms with E-state index >= 15 is 0 Å². The maximum absolute atomic E-state index is 10.1. The van der Waals surface area contributed by atoms with Gasteiger partial charge in [0, 0.05) is 0 Å². The molecule has 1 fully saturated rings. The summed E-state index contributed by atoms with van der Waals surface area (Å²) in [5.74, 6) is 0. The number of rotatable bonds is 3. The van der Waals surface area contributed by atoms with Crippen LogP contribution >= 0.6 is 0 Å². The quantitative estimate of drug-likeness (QED) is 0.307. The van der Waals surface area contributed by atoms with Crippen LogP contribution in [0.5, 0.6) is 0 Å². The van der Waals surface area contributed by atoms with E-state index in [0.717, 1.165) is 0 Å². The van der Waals surface area contributed by atoms with Crippen molar-refractivity contribution in [2.24, 2.45) is 0 Å². The lowest BCUT2D eigenvalue weighted by atomic mass is 9.97. The number of hydrogen-bond donors (Lipinski definition) is 5. The molecule has 7 nitrogen and oxygen atoms in total. The number of carbonyl (C=O) groups is 1. The highest BCUT2D eigenvalue weighted by Gasteiger charge is 2.43. The predicted molar refractivity (Wildman–Crippen MR) is 43.0 cm³/mol. The van der Waals surface area contributed by atoms with Crippen LogP contribution in [0.25, 0.3) is 0 Å². The van der Waals surface area contributed by atoms with Gasteiger partial charge in [-0.05, 0) is 0 Å². The van der Waals surface area contributed by atoms with Gasteiger partial charge < -0.3 is 30.5 Å². The number of aliphatic hydroxyl groups excluding tert-OH is 4. The number of nitrogens with one attached hydrogen (secondary N) is 1. The van der Waals surface area contributed by atoms with Crippen LogP contribution in [0.2, 0.25) is 0 Å². The fourth-order valence-corrected chi connectivity index (χ4v) is 1.36. The lowest BCUT2D eigenvalue weighted by Crippen LogP contribution is -2.63. The fourth-order valence-electron chi connectivity index (χ4n) is 1.36. The van der Waals surface area contributed by atoms with Crippen molar-refractivity contribution in [2.45, 2.75) is 30.6 Å². The monoisotopic (exact) mass is 207 g/mol. The van der Waals surface area contributed by atoms with Gasteiger partial charge in [-0.2, -0.15) is 0 Å². The van der Waals surface area contributed by atoms with E-state index in [-0.39, 0.29) is 6.41 Å². The Bertz CT molecular complexity index is 201. The maximum atomic E-state index is 10.1. The van der Waals surface area contributed by atoms with Crippen LogP contribution in [-0.4, -0.2) is 64.1 Å². The highest BCUT2D eigenvalue weighted by Crippen LogP contribution is 2.19. The molecule has 0 radical (unpaired) electrons. The van der Waals surface area contributed by atoms with Gasteiger partial charge in [0.25, 0.3) is 0 Å². The molecule has 5 unspecified atom stereocenters. The number of amides is 1. The molecular formula is C7H13NO6. The average molecular weight is 207 g/mol. The lowest BCUT2D eigenvalue weighted by Gasteiger charge is -2.39. The molecule has 1 aliphatic heterocycles. The van der Waals surface area contributed by atoms with Crippen LogP contribution in [0.3, 0.4) is 0 Å². The van der Waals surface area contributed by atoms with E-state index in [4.69, 9.17) is 9.84 Å². The summed E-state index contributed by atoms with van der Waals surface area (Å²) in [5.41, 5.74) is 0. The molecule has 0 aromatic heterocycles. The molecule has 1 amide bonds. The molecule has 0 aromatic rings. The van der Waals surface area contributed by atoms with Gasteiger partial charge in [-0.25, -0.2) is 0 Å². The summed E-state index contributed by atoms with van der Waals surface area (Å²) in [5, 5.41) is 38.9. The van der Waals surface area contributed by atoms with E-state index in [9.17, 15) is 20.1 Å². The molecule has 1 rings (SSSR count). The maximum Gasteiger partial charge on any atom is 0.207 e. The van der Waals surface area contributed by atoms with E-state index in [0.29, 0.717) is 0 Å². The van der Waals surface area contributed by atoms with Gasteiger partial charge in [0.05, 0.1) is 6.61 Å². The van der Waals surface area contributed by atoms with Crippen LogP contribution in [0.4, 0.5) is 0 Å². The first-order valence-electron chi connectivity index (χ1n) is 4.12. The van der Waals surface area contributed by atoms with Crippen LogP contribution < -0.4 is 5.32 Å². The van der Waals surface area contributed by atoms with Crippen molar-refractivity contribution in [1.82, 2.24) is 5.32 Å². The second-order valence-corrected chi connectivity index (χ2v) is 3.04. The van der Waals surface area contributed by atoms with Crippen LogP contribution in [0.1, 0.15) is 0 Å². The third kappa shape index (κ3) is 2.02. The number of ether oxygens (including phenoxy) is 1. The SMILES string of the molecule is O=CNC1C(O)OC(CO)C(O)C1O. The predicted octanol–water partition coefficient (Wildman–Crippen LogP) is -3.47. The lowest BCUT2D eigenvalue weighted by molar-refractivity contribution is -0.253. The Labute approximate surface area is 79.9 Å². The van der Waals surface area contributed by atoms with E-state index in [1.54, 1.807) is 0 Å². The third-order valence-electron chi connectivity index (χ3n) is 2.16. The Kier molecular flexibility index (Phi) is 3.78. The molecule has 1 saturated heterocycles. The minimum Gasteiger partial charge on any atom is -0.394 e. The Morgan fingerprint density at radius 1 is 1.29 bits per heavy atom. The zero-order valence-corrected chi connectivity index (χ0v) is 7.28. The van der Waals surface area contributed by atoms with Crippen molar-refractivity contribution >= 4 is 6.41 Å². The average Bonchev–Trinajstić information content (AvgIpc) is 2.18. The highest BCUT2D eigenvalue weighted by atomic mass is 16.6. The summed E-state index contributed by atoms with van der Waals surface area (Å²) in [4.78, 5) is 10.1. The van der Waals surface area contributed by atoms with Gasteiger partial charge in [0.1, 0.15) is 24.4 Å². The van der Waals surface area contributed by atoms with Gasteiger partial charge in [-0.3, -0.25) is 4.79 Å². The molecule has 0 spiro atoms. The highest BCUT2D eigenvalue weighted by molar-refractivity contribution is 5.47. The summed E-state index contributed by atoms with van der Waals surface area (Å²) in [6, 6.07) is -1.09. The number of carbonyl (C=O) groups excluding carboxylic acids is 1. The molecule has 1 heterocycles. The number of hydrogen-bond acceptors (Lipinski definition) is 6. The molecule has 82 valence electrons. The van der Waals surface area contributed by atoms with Gasteiger partial charge in [0.15, 0.2) is 6.29 Å². The molecule has 7 heteroatoms. The standard InChI is InChI=1S/C7H13NO6/c9-1-3-5(11)6(12)4(8-2-10)7(13)14-3/h2-7,9,11-13H,1H2,(H,8,10). The van der Waals surface area contributed by atoms with Crippen molar-refractivity contribution in [3.63, 3.8) is 0 Å². The van der Waals surface area contributed by atoms with Crippen LogP contribution in [0.15, 0.2) is 0 Å². The zero-order valence-electron chi connectivity index (χ0n) is 7.28. The molecule has 5 atom stereocenters. The molecule has 0 bridgehead atoms. The molecular weight excluding hydrogens is 194 g/mol. The molecule has 1 aliphatic rings. The fraction of sp³-hybridized carbons (Fsp3) is 0.857. The van der Waals surface area contributed by atoms with E-state index < -0.39 is 37.3 Å². The largest absolute Gasteiger partial charge is 0.394 e. The third-order valence-corrected chi connectivity index (χ3v) is 2.16. The second-order valence-electron chi connectivity index (χ2n) is 3.04. The van der Waals surface area contributed by atoms with Crippen molar-refractivity contribution in [1.29, 1.82) is 0 Å². The van der Waals surface area contributed by atoms with Crippen molar-refractivity contribution in [2.75, 3.05) is 6.61 Å². The van der Waals surface area contributed by atoms with Crippen molar-refractivity contribution in [3.05, 3.63) is 0 Å². The smallest absolute Gasteiger partial charge is 0.207 e. The zero-order chi connectivity index (χ0) is 10.7. The van der Waals surface area contributed by atoms with Crippen molar-refractivity contribution < 1.29 is 30.0 Å². The first kappa shape index (κ1) is 11.3. The normalized spacial score (nSPS) is 43.3. The molecule has 14 heavy (non-hydrogen) atoms. The van der Waals surface area contributed by atoms with Gasteiger partial charge >= 0.3 is 0 Å². The summed E-state index contributed by atoms with van der Waals surface area (Å²) in [6.07, 6.45) is -4.94. The molecule has 0 aromatic carbocycles. The Hall–Kier alpha value is -0.730. The summed E-state index contributed by atoms with van der Waals surface area (Å²) >= 11 is 0. The Morgan fingerprint density at radius 3 is 2.43 bits per heavy atom.